The number of hydrogen-bond acceptors (Lipinski definition) is 2. The van der Waals surface area contributed by atoms with Gasteiger partial charge in [-0.2, -0.15) is 0 Å². The van der Waals surface area contributed by atoms with Crippen molar-refractivity contribution in [3.63, 3.8) is 0 Å². The first-order valence-electron chi connectivity index (χ1n) is 3.86. The monoisotopic (exact) mass is 180 g/mol. The summed E-state index contributed by atoms with van der Waals surface area (Å²) >= 11 is 0. The van der Waals surface area contributed by atoms with E-state index in [4.69, 9.17) is 0 Å². The molecule has 0 unspecified atom stereocenters. The maximum atomic E-state index is 11.6. The number of carbonyl (C=O) groups excluding carboxylic acids is 1. The van der Waals surface area contributed by atoms with Crippen LogP contribution in [0, 0.1) is 0 Å². The molecule has 0 aliphatic heterocycles. The minimum Gasteiger partial charge on any atom is -0.350 e. The molecule has 72 valence electrons. The summed E-state index contributed by atoms with van der Waals surface area (Å²) in [6.45, 7) is 0.181. The maximum absolute atomic E-state index is 11.6. The van der Waals surface area contributed by atoms with Crippen molar-refractivity contribution < 1.29 is 13.6 Å². The molecule has 3 nitrogen and oxygen atoms in total. The summed E-state index contributed by atoms with van der Waals surface area (Å²) in [6.07, 6.45) is -1.49. The second-order valence-corrected chi connectivity index (χ2v) is 2.40. The van der Waals surface area contributed by atoms with Crippen molar-refractivity contribution in [2.24, 2.45) is 0 Å². The van der Waals surface area contributed by atoms with Gasteiger partial charge in [-0.25, -0.2) is 8.78 Å². The quantitative estimate of drug-likeness (QED) is 0.580. The van der Waals surface area contributed by atoms with Crippen LogP contribution in [0.1, 0.15) is 12.8 Å². The largest absolute Gasteiger partial charge is 0.350 e. The highest BCUT2D eigenvalue weighted by Crippen LogP contribution is 1.90. The molecule has 0 saturated carbocycles. The molecule has 2 N–H and O–H groups in total. The van der Waals surface area contributed by atoms with E-state index in [0.717, 1.165) is 6.54 Å². The van der Waals surface area contributed by atoms with E-state index in [9.17, 15) is 13.6 Å². The molecule has 0 aliphatic rings. The van der Waals surface area contributed by atoms with Crippen LogP contribution >= 0.6 is 0 Å². The van der Waals surface area contributed by atoms with E-state index in [2.05, 4.69) is 10.6 Å². The highest BCUT2D eigenvalue weighted by molar-refractivity contribution is 5.75. The number of alkyl halides is 2. The standard InChI is InChI=1S/C7H14F2N2O/c1-10-4-2-3-7(12)11-5-6(8)9/h6,10H,2-5H2,1H3,(H,11,12). The Morgan fingerprint density at radius 1 is 1.50 bits per heavy atom. The third-order valence-corrected chi connectivity index (χ3v) is 1.28. The summed E-state index contributed by atoms with van der Waals surface area (Å²) in [7, 11) is 1.77. The number of rotatable bonds is 6. The summed E-state index contributed by atoms with van der Waals surface area (Å²) in [5.74, 6) is -0.314. The first-order valence-corrected chi connectivity index (χ1v) is 3.86. The SMILES string of the molecule is CNCCCC(=O)NCC(F)F. The molecule has 5 heteroatoms. The molecule has 12 heavy (non-hydrogen) atoms. The minimum absolute atomic E-state index is 0.299. The van der Waals surface area contributed by atoms with Crippen molar-refractivity contribution in [2.75, 3.05) is 20.1 Å². The lowest BCUT2D eigenvalue weighted by molar-refractivity contribution is -0.121. The van der Waals surface area contributed by atoms with E-state index >= 15 is 0 Å². The molecular weight excluding hydrogens is 166 g/mol. The van der Waals surface area contributed by atoms with Gasteiger partial charge < -0.3 is 10.6 Å². The van der Waals surface area contributed by atoms with Crippen molar-refractivity contribution >= 4 is 5.91 Å². The van der Waals surface area contributed by atoms with E-state index in [0.29, 0.717) is 12.8 Å². The minimum atomic E-state index is -2.46. The van der Waals surface area contributed by atoms with Gasteiger partial charge in [0.2, 0.25) is 5.91 Å². The predicted molar refractivity (Wildman–Crippen MR) is 42.2 cm³/mol. The van der Waals surface area contributed by atoms with Crippen LogP contribution in [0.25, 0.3) is 0 Å². The molecule has 1 amide bonds. The zero-order valence-electron chi connectivity index (χ0n) is 7.07. The number of hydrogen-bond donors (Lipinski definition) is 2. The molecule has 0 radical (unpaired) electrons. The third kappa shape index (κ3) is 7.40. The highest BCUT2D eigenvalue weighted by atomic mass is 19.3. The molecule has 0 atom stereocenters. The summed E-state index contributed by atoms with van der Waals surface area (Å²) in [6, 6.07) is 0. The lowest BCUT2D eigenvalue weighted by Gasteiger charge is -2.03. The molecule has 0 aliphatic carbocycles. The van der Waals surface area contributed by atoms with Gasteiger partial charge in [-0.3, -0.25) is 4.79 Å². The van der Waals surface area contributed by atoms with Gasteiger partial charge in [0, 0.05) is 6.42 Å². The summed E-state index contributed by atoms with van der Waals surface area (Å²) in [4.78, 5) is 10.8. The van der Waals surface area contributed by atoms with Crippen LogP contribution in [-0.2, 0) is 4.79 Å². The normalized spacial score (nSPS) is 10.3. The van der Waals surface area contributed by atoms with E-state index in [1.165, 1.54) is 0 Å². The predicted octanol–water partition coefficient (Wildman–Crippen LogP) is 0.367. The molecular formula is C7H14F2N2O. The van der Waals surface area contributed by atoms with E-state index in [1.54, 1.807) is 7.05 Å². The van der Waals surface area contributed by atoms with Crippen LogP contribution in [0.3, 0.4) is 0 Å². The lowest BCUT2D eigenvalue weighted by atomic mass is 10.3. The van der Waals surface area contributed by atoms with Crippen LogP contribution in [0.15, 0.2) is 0 Å². The first-order chi connectivity index (χ1) is 5.66. The Kier molecular flexibility index (Phi) is 6.55. The Labute approximate surface area is 70.5 Å². The second kappa shape index (κ2) is 6.97. The summed E-state index contributed by atoms with van der Waals surface area (Å²) in [5.41, 5.74) is 0. The molecule has 0 aromatic heterocycles. The van der Waals surface area contributed by atoms with Crippen molar-refractivity contribution in [2.45, 2.75) is 19.3 Å². The number of amides is 1. The second-order valence-electron chi connectivity index (χ2n) is 2.40. The Balaban J connectivity index is 3.22. The van der Waals surface area contributed by atoms with Crippen LogP contribution in [0.4, 0.5) is 8.78 Å². The van der Waals surface area contributed by atoms with Gasteiger partial charge in [0.15, 0.2) is 0 Å². The average molecular weight is 180 g/mol. The van der Waals surface area contributed by atoms with Gasteiger partial charge in [-0.1, -0.05) is 0 Å². The van der Waals surface area contributed by atoms with E-state index in [-0.39, 0.29) is 5.91 Å². The van der Waals surface area contributed by atoms with Gasteiger partial charge in [0.25, 0.3) is 6.43 Å². The number of nitrogens with one attached hydrogen (secondary N) is 2. The fourth-order valence-electron chi connectivity index (χ4n) is 0.705. The molecule has 0 saturated heterocycles. The van der Waals surface area contributed by atoms with Crippen molar-refractivity contribution in [3.05, 3.63) is 0 Å². The fourth-order valence-corrected chi connectivity index (χ4v) is 0.705. The van der Waals surface area contributed by atoms with Crippen LogP contribution in [-0.4, -0.2) is 32.5 Å². The molecule has 0 aromatic rings. The van der Waals surface area contributed by atoms with Crippen LogP contribution in [0.2, 0.25) is 0 Å². The molecule has 0 fully saturated rings. The average Bonchev–Trinajstić information content (AvgIpc) is 2.01. The van der Waals surface area contributed by atoms with Gasteiger partial charge >= 0.3 is 0 Å². The highest BCUT2D eigenvalue weighted by Gasteiger charge is 2.04. The lowest BCUT2D eigenvalue weighted by Crippen LogP contribution is -2.28. The first kappa shape index (κ1) is 11.3. The van der Waals surface area contributed by atoms with Crippen molar-refractivity contribution in [1.29, 1.82) is 0 Å². The molecule has 0 heterocycles. The van der Waals surface area contributed by atoms with Crippen LogP contribution in [0.5, 0.6) is 0 Å². The molecule has 0 rings (SSSR count). The summed E-state index contributed by atoms with van der Waals surface area (Å²) in [5, 5.41) is 4.98. The fraction of sp³-hybridized carbons (Fsp3) is 0.857. The Bertz CT molecular complexity index is 131. The van der Waals surface area contributed by atoms with E-state index in [1.807, 2.05) is 0 Å². The topological polar surface area (TPSA) is 41.1 Å². The summed E-state index contributed by atoms with van der Waals surface area (Å²) < 4.78 is 23.1. The number of halogens is 2. The smallest absolute Gasteiger partial charge is 0.255 e. The van der Waals surface area contributed by atoms with E-state index < -0.39 is 13.0 Å². The van der Waals surface area contributed by atoms with Crippen molar-refractivity contribution in [1.82, 2.24) is 10.6 Å². The maximum Gasteiger partial charge on any atom is 0.255 e. The van der Waals surface area contributed by atoms with Gasteiger partial charge in [-0.05, 0) is 20.0 Å². The zero-order chi connectivity index (χ0) is 9.40. The zero-order valence-corrected chi connectivity index (χ0v) is 7.07. The van der Waals surface area contributed by atoms with Crippen LogP contribution < -0.4 is 10.6 Å². The Hall–Kier alpha value is -0.710. The Morgan fingerprint density at radius 3 is 2.67 bits per heavy atom. The Morgan fingerprint density at radius 2 is 2.17 bits per heavy atom. The number of carbonyl (C=O) groups is 1. The molecule has 0 aromatic carbocycles. The van der Waals surface area contributed by atoms with Gasteiger partial charge in [0.1, 0.15) is 0 Å². The third-order valence-electron chi connectivity index (χ3n) is 1.28. The molecule has 0 bridgehead atoms. The van der Waals surface area contributed by atoms with Crippen molar-refractivity contribution in [3.8, 4) is 0 Å². The molecule has 0 spiro atoms. The van der Waals surface area contributed by atoms with Gasteiger partial charge in [0.05, 0.1) is 6.54 Å². The van der Waals surface area contributed by atoms with Gasteiger partial charge in [-0.15, -0.1) is 0 Å².